The van der Waals surface area contributed by atoms with Crippen molar-refractivity contribution < 1.29 is 14.2 Å². The van der Waals surface area contributed by atoms with Gasteiger partial charge in [-0.25, -0.2) is 0 Å². The van der Waals surface area contributed by atoms with Gasteiger partial charge in [-0.15, -0.1) is 0 Å². The molecular weight excluding hydrogens is 156 g/mol. The first-order valence-corrected chi connectivity index (χ1v) is 4.27. The van der Waals surface area contributed by atoms with Crippen LogP contribution < -0.4 is 0 Å². The highest BCUT2D eigenvalue weighted by molar-refractivity contribution is 4.83. The highest BCUT2D eigenvalue weighted by atomic mass is 16.7. The Kier molecular flexibility index (Phi) is 3.09. The molecule has 72 valence electrons. The maximum absolute atomic E-state index is 5.47. The molecule has 0 aliphatic carbocycles. The van der Waals surface area contributed by atoms with E-state index in [1.165, 1.54) is 0 Å². The molecule has 12 heavy (non-hydrogen) atoms. The zero-order valence-electron chi connectivity index (χ0n) is 8.29. The molecule has 1 heterocycles. The molecule has 0 N–H and O–H groups in total. The second-order valence-corrected chi connectivity index (χ2v) is 3.92. The first-order valence-electron chi connectivity index (χ1n) is 4.27. The van der Waals surface area contributed by atoms with Gasteiger partial charge in [0.15, 0.2) is 6.29 Å². The molecule has 0 aromatic heterocycles. The van der Waals surface area contributed by atoms with Crippen molar-refractivity contribution in [3.8, 4) is 0 Å². The van der Waals surface area contributed by atoms with Crippen LogP contribution in [0.15, 0.2) is 0 Å². The SMILES string of the molecule is COC1CC(OC)C(C)(C)CO1. The Balaban J connectivity index is 2.54. The number of hydrogen-bond donors (Lipinski definition) is 0. The van der Waals surface area contributed by atoms with Crippen LogP contribution in [0.3, 0.4) is 0 Å². The molecule has 1 aliphatic heterocycles. The molecule has 0 bridgehead atoms. The van der Waals surface area contributed by atoms with Crippen LogP contribution in [-0.2, 0) is 14.2 Å². The van der Waals surface area contributed by atoms with E-state index in [-0.39, 0.29) is 17.8 Å². The van der Waals surface area contributed by atoms with E-state index in [9.17, 15) is 0 Å². The van der Waals surface area contributed by atoms with Gasteiger partial charge in [-0.3, -0.25) is 0 Å². The third-order valence-corrected chi connectivity index (χ3v) is 2.47. The lowest BCUT2D eigenvalue weighted by Gasteiger charge is -2.40. The highest BCUT2D eigenvalue weighted by Gasteiger charge is 2.37. The zero-order chi connectivity index (χ0) is 9.19. The van der Waals surface area contributed by atoms with Crippen LogP contribution in [0.2, 0.25) is 0 Å². The van der Waals surface area contributed by atoms with E-state index in [1.807, 2.05) is 0 Å². The third kappa shape index (κ3) is 1.97. The first kappa shape index (κ1) is 9.96. The Morgan fingerprint density at radius 3 is 2.42 bits per heavy atom. The molecule has 0 amide bonds. The molecule has 1 rings (SSSR count). The molecule has 1 aliphatic rings. The third-order valence-electron chi connectivity index (χ3n) is 2.47. The summed E-state index contributed by atoms with van der Waals surface area (Å²) < 4.78 is 16.0. The van der Waals surface area contributed by atoms with Crippen molar-refractivity contribution in [2.75, 3.05) is 20.8 Å². The molecule has 0 aromatic carbocycles. The quantitative estimate of drug-likeness (QED) is 0.633. The summed E-state index contributed by atoms with van der Waals surface area (Å²) in [6, 6.07) is 0. The highest BCUT2D eigenvalue weighted by Crippen LogP contribution is 2.32. The number of hydrogen-bond acceptors (Lipinski definition) is 3. The van der Waals surface area contributed by atoms with Gasteiger partial charge in [-0.1, -0.05) is 13.8 Å². The standard InChI is InChI=1S/C9H18O3/c1-9(2)6-12-8(11-4)5-7(9)10-3/h7-8H,5-6H2,1-4H3. The fourth-order valence-corrected chi connectivity index (χ4v) is 1.54. The lowest BCUT2D eigenvalue weighted by molar-refractivity contribution is -0.216. The van der Waals surface area contributed by atoms with Crippen molar-refractivity contribution in [1.82, 2.24) is 0 Å². The van der Waals surface area contributed by atoms with Gasteiger partial charge in [0.2, 0.25) is 0 Å². The number of methoxy groups -OCH3 is 2. The molecule has 1 saturated heterocycles. The van der Waals surface area contributed by atoms with Crippen LogP contribution in [0.4, 0.5) is 0 Å². The summed E-state index contributed by atoms with van der Waals surface area (Å²) >= 11 is 0. The molecule has 1 fully saturated rings. The average Bonchev–Trinajstić information content (AvgIpc) is 2.04. The van der Waals surface area contributed by atoms with Crippen LogP contribution >= 0.6 is 0 Å². The van der Waals surface area contributed by atoms with Crippen LogP contribution in [-0.4, -0.2) is 33.2 Å². The van der Waals surface area contributed by atoms with E-state index in [1.54, 1.807) is 14.2 Å². The van der Waals surface area contributed by atoms with Gasteiger partial charge in [0, 0.05) is 26.1 Å². The maximum Gasteiger partial charge on any atom is 0.159 e. The predicted octanol–water partition coefficient (Wildman–Crippen LogP) is 1.42. The monoisotopic (exact) mass is 174 g/mol. The topological polar surface area (TPSA) is 27.7 Å². The van der Waals surface area contributed by atoms with Gasteiger partial charge in [-0.2, -0.15) is 0 Å². The molecular formula is C9H18O3. The van der Waals surface area contributed by atoms with Crippen molar-refractivity contribution in [2.24, 2.45) is 5.41 Å². The van der Waals surface area contributed by atoms with Crippen molar-refractivity contribution in [3.63, 3.8) is 0 Å². The Bertz CT molecular complexity index is 145. The van der Waals surface area contributed by atoms with Crippen molar-refractivity contribution in [1.29, 1.82) is 0 Å². The molecule has 0 spiro atoms. The normalized spacial score (nSPS) is 35.0. The van der Waals surface area contributed by atoms with E-state index in [2.05, 4.69) is 13.8 Å². The van der Waals surface area contributed by atoms with Gasteiger partial charge in [0.25, 0.3) is 0 Å². The molecule has 0 aromatic rings. The van der Waals surface area contributed by atoms with Gasteiger partial charge in [0.1, 0.15) is 0 Å². The van der Waals surface area contributed by atoms with Crippen LogP contribution in [0.25, 0.3) is 0 Å². The van der Waals surface area contributed by atoms with Crippen molar-refractivity contribution >= 4 is 0 Å². The summed E-state index contributed by atoms with van der Waals surface area (Å²) in [6.07, 6.45) is 0.958. The minimum atomic E-state index is -0.0945. The number of rotatable bonds is 2. The molecule has 0 saturated carbocycles. The van der Waals surface area contributed by atoms with E-state index >= 15 is 0 Å². The lowest BCUT2D eigenvalue weighted by atomic mass is 9.83. The van der Waals surface area contributed by atoms with Crippen molar-refractivity contribution in [3.05, 3.63) is 0 Å². The van der Waals surface area contributed by atoms with Gasteiger partial charge in [-0.05, 0) is 0 Å². The largest absolute Gasteiger partial charge is 0.381 e. The second-order valence-electron chi connectivity index (χ2n) is 3.92. The van der Waals surface area contributed by atoms with Crippen LogP contribution in [0, 0.1) is 5.41 Å². The summed E-state index contributed by atoms with van der Waals surface area (Å²) in [6.45, 7) is 4.99. The van der Waals surface area contributed by atoms with Gasteiger partial charge >= 0.3 is 0 Å². The fourth-order valence-electron chi connectivity index (χ4n) is 1.54. The second kappa shape index (κ2) is 3.73. The molecule has 0 radical (unpaired) electrons. The van der Waals surface area contributed by atoms with Gasteiger partial charge < -0.3 is 14.2 Å². The van der Waals surface area contributed by atoms with Crippen LogP contribution in [0.5, 0.6) is 0 Å². The molecule has 3 heteroatoms. The summed E-state index contributed by atoms with van der Waals surface area (Å²) in [5, 5.41) is 0. The minimum absolute atomic E-state index is 0.0945. The number of ether oxygens (including phenoxy) is 3. The molecule has 2 atom stereocenters. The molecule has 3 nitrogen and oxygen atoms in total. The van der Waals surface area contributed by atoms with E-state index in [0.717, 1.165) is 6.42 Å². The summed E-state index contributed by atoms with van der Waals surface area (Å²) in [7, 11) is 3.40. The fraction of sp³-hybridized carbons (Fsp3) is 1.00. The zero-order valence-corrected chi connectivity index (χ0v) is 8.29. The van der Waals surface area contributed by atoms with Crippen molar-refractivity contribution in [2.45, 2.75) is 32.7 Å². The van der Waals surface area contributed by atoms with Gasteiger partial charge in [0.05, 0.1) is 12.7 Å². The molecule has 2 unspecified atom stereocenters. The average molecular weight is 174 g/mol. The summed E-state index contributed by atoms with van der Waals surface area (Å²) in [4.78, 5) is 0. The Morgan fingerprint density at radius 1 is 1.25 bits per heavy atom. The summed E-state index contributed by atoms with van der Waals surface area (Å²) in [5.41, 5.74) is 0.101. The predicted molar refractivity (Wildman–Crippen MR) is 45.9 cm³/mol. The van der Waals surface area contributed by atoms with E-state index in [0.29, 0.717) is 6.61 Å². The smallest absolute Gasteiger partial charge is 0.159 e. The lowest BCUT2D eigenvalue weighted by Crippen LogP contribution is -2.45. The van der Waals surface area contributed by atoms with Crippen LogP contribution in [0.1, 0.15) is 20.3 Å². The Labute approximate surface area is 74.0 Å². The Morgan fingerprint density at radius 2 is 1.92 bits per heavy atom. The van der Waals surface area contributed by atoms with E-state index < -0.39 is 0 Å². The summed E-state index contributed by atoms with van der Waals surface area (Å²) in [5.74, 6) is 0. The Hall–Kier alpha value is -0.120. The minimum Gasteiger partial charge on any atom is -0.381 e. The van der Waals surface area contributed by atoms with E-state index in [4.69, 9.17) is 14.2 Å². The maximum atomic E-state index is 5.47. The first-order chi connectivity index (χ1) is 5.60.